The van der Waals surface area contributed by atoms with Crippen molar-refractivity contribution in [3.63, 3.8) is 0 Å². The zero-order chi connectivity index (χ0) is 16.2. The number of benzene rings is 1. The van der Waals surface area contributed by atoms with Crippen LogP contribution in [0.25, 0.3) is 10.1 Å². The zero-order valence-electron chi connectivity index (χ0n) is 12.5. The maximum Gasteiger partial charge on any atom is 0.262 e. The number of rotatable bonds is 5. The highest BCUT2D eigenvalue weighted by Gasteiger charge is 2.20. The number of pyridine rings is 1. The average Bonchev–Trinajstić information content (AvgIpc) is 2.94. The molecule has 0 atom stereocenters. The molecule has 4 nitrogen and oxygen atoms in total. The highest BCUT2D eigenvalue weighted by atomic mass is 32.1. The monoisotopic (exact) mass is 330 g/mol. The fraction of sp³-hybridized carbons (Fsp3) is 0.176. The van der Waals surface area contributed by atoms with Gasteiger partial charge in [0.2, 0.25) is 0 Å². The molecule has 1 amide bonds. The molecule has 6 heteroatoms. The Morgan fingerprint density at radius 1 is 1.35 bits per heavy atom. The van der Waals surface area contributed by atoms with E-state index in [4.69, 9.17) is 4.74 Å². The molecule has 0 saturated carbocycles. The molecule has 1 N–H and O–H groups in total. The highest BCUT2D eigenvalue weighted by molar-refractivity contribution is 7.21. The number of hydrogen-bond acceptors (Lipinski definition) is 4. The van der Waals surface area contributed by atoms with Crippen molar-refractivity contribution in [2.45, 2.75) is 13.2 Å². The van der Waals surface area contributed by atoms with Gasteiger partial charge in [0.15, 0.2) is 0 Å². The van der Waals surface area contributed by atoms with Gasteiger partial charge in [-0.25, -0.2) is 4.39 Å². The number of ether oxygens (including phenoxy) is 1. The third kappa shape index (κ3) is 3.23. The lowest BCUT2D eigenvalue weighted by atomic mass is 10.1. The van der Waals surface area contributed by atoms with Gasteiger partial charge in [0.05, 0.1) is 11.5 Å². The molecule has 23 heavy (non-hydrogen) atoms. The number of thiophene rings is 1. The van der Waals surface area contributed by atoms with Crippen LogP contribution in [0.4, 0.5) is 4.39 Å². The zero-order valence-corrected chi connectivity index (χ0v) is 13.3. The van der Waals surface area contributed by atoms with Crippen molar-refractivity contribution in [3.8, 4) is 0 Å². The van der Waals surface area contributed by atoms with Crippen molar-refractivity contribution >= 4 is 27.3 Å². The first-order valence-corrected chi connectivity index (χ1v) is 7.88. The Morgan fingerprint density at radius 3 is 2.96 bits per heavy atom. The first kappa shape index (κ1) is 15.6. The molecule has 1 aromatic carbocycles. The second kappa shape index (κ2) is 6.85. The number of carbonyl (C=O) groups excluding carboxylic acids is 1. The third-order valence-electron chi connectivity index (χ3n) is 3.43. The predicted octanol–water partition coefficient (Wildman–Crippen LogP) is 3.51. The molecule has 0 aliphatic carbocycles. The van der Waals surface area contributed by atoms with Gasteiger partial charge < -0.3 is 10.1 Å². The summed E-state index contributed by atoms with van der Waals surface area (Å²) in [6.07, 6.45) is 3.37. The summed E-state index contributed by atoms with van der Waals surface area (Å²) in [7, 11) is 1.53. The summed E-state index contributed by atoms with van der Waals surface area (Å²) in [6.45, 7) is 0.562. The number of fused-ring (bicyclic) bond motifs is 1. The Bertz CT molecular complexity index is 833. The fourth-order valence-electron chi connectivity index (χ4n) is 2.40. The fourth-order valence-corrected chi connectivity index (χ4v) is 3.54. The van der Waals surface area contributed by atoms with E-state index in [1.807, 2.05) is 12.1 Å². The van der Waals surface area contributed by atoms with Crippen molar-refractivity contribution in [3.05, 3.63) is 64.5 Å². The predicted molar refractivity (Wildman–Crippen MR) is 87.9 cm³/mol. The Hall–Kier alpha value is -2.31. The van der Waals surface area contributed by atoms with Crippen molar-refractivity contribution in [1.29, 1.82) is 0 Å². The number of nitrogens with zero attached hydrogens (tertiary/aromatic N) is 1. The topological polar surface area (TPSA) is 51.2 Å². The van der Waals surface area contributed by atoms with E-state index in [0.29, 0.717) is 22.4 Å². The lowest BCUT2D eigenvalue weighted by molar-refractivity contribution is 0.0950. The number of aromatic nitrogens is 1. The Morgan fingerprint density at radius 2 is 2.22 bits per heavy atom. The van der Waals surface area contributed by atoms with Crippen LogP contribution < -0.4 is 5.32 Å². The maximum absolute atomic E-state index is 14.1. The molecule has 0 radical (unpaired) electrons. The molecule has 0 aliphatic rings. The molecular formula is C17H15FN2O2S. The van der Waals surface area contributed by atoms with Crippen LogP contribution in [0.5, 0.6) is 0 Å². The molecule has 3 aromatic rings. The molecule has 0 fully saturated rings. The summed E-state index contributed by atoms with van der Waals surface area (Å²) in [5.74, 6) is -0.571. The van der Waals surface area contributed by atoms with E-state index in [-0.39, 0.29) is 18.3 Å². The molecule has 0 bridgehead atoms. The molecule has 0 saturated heterocycles. The maximum atomic E-state index is 14.1. The van der Waals surface area contributed by atoms with Gasteiger partial charge in [-0.3, -0.25) is 9.78 Å². The van der Waals surface area contributed by atoms with Crippen molar-refractivity contribution < 1.29 is 13.9 Å². The van der Waals surface area contributed by atoms with E-state index in [0.717, 1.165) is 10.3 Å². The molecule has 0 unspecified atom stereocenters. The molecular weight excluding hydrogens is 315 g/mol. The van der Waals surface area contributed by atoms with Gasteiger partial charge in [-0.2, -0.15) is 0 Å². The van der Waals surface area contributed by atoms with Gasteiger partial charge in [0.25, 0.3) is 5.91 Å². The molecule has 3 rings (SSSR count). The lowest BCUT2D eigenvalue weighted by Gasteiger charge is -2.06. The first-order valence-electron chi connectivity index (χ1n) is 7.06. The van der Waals surface area contributed by atoms with Crippen molar-refractivity contribution in [2.24, 2.45) is 0 Å². The van der Waals surface area contributed by atoms with Gasteiger partial charge in [-0.1, -0.05) is 12.1 Å². The van der Waals surface area contributed by atoms with E-state index in [2.05, 4.69) is 10.3 Å². The minimum absolute atomic E-state index is 0.191. The van der Waals surface area contributed by atoms with Crippen LogP contribution in [-0.2, 0) is 17.9 Å². The summed E-state index contributed by atoms with van der Waals surface area (Å²) < 4.78 is 20.0. The van der Waals surface area contributed by atoms with Crippen LogP contribution in [0.1, 0.15) is 20.8 Å². The molecule has 0 aliphatic heterocycles. The summed E-state index contributed by atoms with van der Waals surface area (Å²) in [4.78, 5) is 17.0. The number of amides is 1. The lowest BCUT2D eigenvalue weighted by Crippen LogP contribution is -2.23. The second-order valence-corrected chi connectivity index (χ2v) is 6.05. The van der Waals surface area contributed by atoms with E-state index < -0.39 is 0 Å². The SMILES string of the molecule is COCc1c(C(=O)NCc2cccnc2)sc2cccc(F)c12. The van der Waals surface area contributed by atoms with Gasteiger partial charge in [0.1, 0.15) is 5.82 Å². The minimum atomic E-state index is -0.336. The van der Waals surface area contributed by atoms with Gasteiger partial charge in [-0.15, -0.1) is 11.3 Å². The van der Waals surface area contributed by atoms with Crippen LogP contribution in [0, 0.1) is 5.82 Å². The van der Waals surface area contributed by atoms with E-state index in [9.17, 15) is 9.18 Å². The number of carbonyl (C=O) groups is 1. The molecule has 2 aromatic heterocycles. The van der Waals surface area contributed by atoms with Crippen LogP contribution >= 0.6 is 11.3 Å². The van der Waals surface area contributed by atoms with Crippen molar-refractivity contribution in [1.82, 2.24) is 10.3 Å². The Balaban J connectivity index is 1.90. The number of hydrogen-bond donors (Lipinski definition) is 1. The largest absolute Gasteiger partial charge is 0.380 e. The van der Waals surface area contributed by atoms with Crippen molar-refractivity contribution in [2.75, 3.05) is 7.11 Å². The number of methoxy groups -OCH3 is 1. The van der Waals surface area contributed by atoms with Gasteiger partial charge >= 0.3 is 0 Å². The van der Waals surface area contributed by atoms with Crippen LogP contribution in [0.15, 0.2) is 42.7 Å². The van der Waals surface area contributed by atoms with Gasteiger partial charge in [0, 0.05) is 41.7 Å². The van der Waals surface area contributed by atoms with Crippen LogP contribution in [-0.4, -0.2) is 18.0 Å². The summed E-state index contributed by atoms with van der Waals surface area (Å²) in [5.41, 5.74) is 1.50. The molecule has 0 spiro atoms. The Kier molecular flexibility index (Phi) is 4.64. The van der Waals surface area contributed by atoms with Gasteiger partial charge in [-0.05, 0) is 23.8 Å². The summed E-state index contributed by atoms with van der Waals surface area (Å²) in [5, 5.41) is 3.31. The molecule has 2 heterocycles. The average molecular weight is 330 g/mol. The van der Waals surface area contributed by atoms with Crippen LogP contribution in [0.3, 0.4) is 0 Å². The number of nitrogens with one attached hydrogen (secondary N) is 1. The smallest absolute Gasteiger partial charge is 0.262 e. The molecule has 118 valence electrons. The summed E-state index contributed by atoms with van der Waals surface area (Å²) >= 11 is 1.27. The quantitative estimate of drug-likeness (QED) is 0.779. The minimum Gasteiger partial charge on any atom is -0.380 e. The second-order valence-electron chi connectivity index (χ2n) is 5.00. The summed E-state index contributed by atoms with van der Waals surface area (Å²) in [6, 6.07) is 8.54. The van der Waals surface area contributed by atoms with E-state index in [1.165, 1.54) is 24.5 Å². The van der Waals surface area contributed by atoms with E-state index in [1.54, 1.807) is 24.5 Å². The first-order chi connectivity index (χ1) is 11.2. The van der Waals surface area contributed by atoms with Crippen LogP contribution in [0.2, 0.25) is 0 Å². The standard InChI is InChI=1S/C17H15FN2O2S/c1-22-10-12-15-13(18)5-2-6-14(15)23-16(12)17(21)20-9-11-4-3-7-19-8-11/h2-8H,9-10H2,1H3,(H,20,21). The van der Waals surface area contributed by atoms with E-state index >= 15 is 0 Å². The third-order valence-corrected chi connectivity index (χ3v) is 4.63. The normalized spacial score (nSPS) is 10.9. The highest BCUT2D eigenvalue weighted by Crippen LogP contribution is 2.33. The number of halogens is 1. The Labute approximate surface area is 136 Å².